The molecule has 0 aliphatic carbocycles. The lowest BCUT2D eigenvalue weighted by molar-refractivity contribution is -0.112. The molecule has 0 aliphatic rings. The van der Waals surface area contributed by atoms with E-state index in [-0.39, 0.29) is 5.75 Å². The zero-order chi connectivity index (χ0) is 13.9. The standard InChI is InChI=1S/C11H13Cl2NO3S/c1-3-18(16,17)14(8(2)11(13)15)10-6-4-5-9(12)7-10/h4-8H,3H2,1-2H3. The van der Waals surface area contributed by atoms with Crippen LogP contribution in [0.15, 0.2) is 24.3 Å². The molecule has 4 nitrogen and oxygen atoms in total. The summed E-state index contributed by atoms with van der Waals surface area (Å²) in [6.07, 6.45) is 0. The van der Waals surface area contributed by atoms with Gasteiger partial charge in [0.2, 0.25) is 15.3 Å². The van der Waals surface area contributed by atoms with Gasteiger partial charge in [0, 0.05) is 5.02 Å². The van der Waals surface area contributed by atoms with Crippen molar-refractivity contribution in [1.29, 1.82) is 0 Å². The summed E-state index contributed by atoms with van der Waals surface area (Å²) < 4.78 is 25.1. The van der Waals surface area contributed by atoms with Gasteiger partial charge in [0.25, 0.3) is 0 Å². The van der Waals surface area contributed by atoms with E-state index in [0.29, 0.717) is 10.7 Å². The minimum absolute atomic E-state index is 0.131. The first kappa shape index (κ1) is 15.3. The second-order valence-electron chi connectivity index (χ2n) is 3.66. The largest absolute Gasteiger partial charge is 0.279 e. The van der Waals surface area contributed by atoms with E-state index in [1.807, 2.05) is 0 Å². The molecular weight excluding hydrogens is 297 g/mol. The number of halogens is 2. The number of hydrogen-bond donors (Lipinski definition) is 0. The van der Waals surface area contributed by atoms with Gasteiger partial charge in [-0.2, -0.15) is 0 Å². The number of carbonyl (C=O) groups is 1. The maximum atomic E-state index is 12.0. The van der Waals surface area contributed by atoms with Crippen molar-refractivity contribution in [2.75, 3.05) is 10.1 Å². The van der Waals surface area contributed by atoms with Gasteiger partial charge in [0.05, 0.1) is 11.4 Å². The Morgan fingerprint density at radius 1 is 1.44 bits per heavy atom. The number of nitrogens with zero attached hydrogens (tertiary/aromatic N) is 1. The van der Waals surface area contributed by atoms with Crippen LogP contribution >= 0.6 is 23.2 Å². The fourth-order valence-corrected chi connectivity index (χ4v) is 3.10. The Balaban J connectivity index is 3.34. The van der Waals surface area contributed by atoms with Crippen LogP contribution in [0.1, 0.15) is 13.8 Å². The first-order valence-corrected chi connectivity index (χ1v) is 7.63. The number of rotatable bonds is 5. The third-order valence-corrected chi connectivity index (χ3v) is 4.81. The number of sulfonamides is 1. The molecule has 1 rings (SSSR count). The molecule has 0 saturated heterocycles. The molecule has 0 saturated carbocycles. The molecule has 1 unspecified atom stereocenters. The van der Waals surface area contributed by atoms with Crippen LogP contribution in [0.25, 0.3) is 0 Å². The maximum absolute atomic E-state index is 12.0. The molecule has 1 aromatic rings. The molecule has 0 fully saturated rings. The van der Waals surface area contributed by atoms with E-state index in [1.54, 1.807) is 18.2 Å². The second kappa shape index (κ2) is 5.91. The topological polar surface area (TPSA) is 54.5 Å². The highest BCUT2D eigenvalue weighted by Crippen LogP contribution is 2.25. The average molecular weight is 310 g/mol. The first-order chi connectivity index (χ1) is 8.29. The van der Waals surface area contributed by atoms with Crippen LogP contribution in [0, 0.1) is 0 Å². The highest BCUT2D eigenvalue weighted by atomic mass is 35.5. The summed E-state index contributed by atoms with van der Waals surface area (Å²) in [6.45, 7) is 2.93. The fourth-order valence-electron chi connectivity index (χ4n) is 1.47. The van der Waals surface area contributed by atoms with Crippen molar-refractivity contribution in [2.45, 2.75) is 19.9 Å². The summed E-state index contributed by atoms with van der Waals surface area (Å²) in [4.78, 5) is 11.2. The van der Waals surface area contributed by atoms with E-state index in [0.717, 1.165) is 4.31 Å². The molecule has 0 radical (unpaired) electrons. The van der Waals surface area contributed by atoms with Gasteiger partial charge in [-0.3, -0.25) is 9.10 Å². The predicted octanol–water partition coefficient (Wildman–Crippen LogP) is 2.65. The van der Waals surface area contributed by atoms with Crippen LogP contribution in [0.4, 0.5) is 5.69 Å². The van der Waals surface area contributed by atoms with Gasteiger partial charge >= 0.3 is 0 Å². The summed E-state index contributed by atoms with van der Waals surface area (Å²) in [5, 5.41) is -0.356. The van der Waals surface area contributed by atoms with Gasteiger partial charge < -0.3 is 0 Å². The van der Waals surface area contributed by atoms with Crippen LogP contribution in [0.3, 0.4) is 0 Å². The monoisotopic (exact) mass is 309 g/mol. The van der Waals surface area contributed by atoms with Crippen LogP contribution < -0.4 is 4.31 Å². The number of anilines is 1. The maximum Gasteiger partial charge on any atom is 0.245 e. The van der Waals surface area contributed by atoms with Crippen molar-refractivity contribution in [3.8, 4) is 0 Å². The second-order valence-corrected chi connectivity index (χ2v) is 6.60. The smallest absolute Gasteiger partial charge is 0.245 e. The molecule has 0 bridgehead atoms. The van der Waals surface area contributed by atoms with Gasteiger partial charge in [0.15, 0.2) is 0 Å². The normalized spacial score (nSPS) is 13.1. The van der Waals surface area contributed by atoms with Crippen molar-refractivity contribution < 1.29 is 13.2 Å². The molecule has 1 atom stereocenters. The van der Waals surface area contributed by atoms with Crippen molar-refractivity contribution in [3.63, 3.8) is 0 Å². The zero-order valence-corrected chi connectivity index (χ0v) is 12.3. The Bertz CT molecular complexity index is 545. The summed E-state index contributed by atoms with van der Waals surface area (Å²) in [5.41, 5.74) is 0.325. The van der Waals surface area contributed by atoms with E-state index in [4.69, 9.17) is 23.2 Å². The minimum atomic E-state index is -3.60. The predicted molar refractivity (Wildman–Crippen MR) is 73.7 cm³/mol. The summed E-state index contributed by atoms with van der Waals surface area (Å²) in [7, 11) is -3.60. The van der Waals surface area contributed by atoms with E-state index >= 15 is 0 Å². The molecular formula is C11H13Cl2NO3S. The molecule has 0 aromatic heterocycles. The van der Waals surface area contributed by atoms with Crippen molar-refractivity contribution in [2.24, 2.45) is 0 Å². The molecule has 0 heterocycles. The molecule has 0 N–H and O–H groups in total. The van der Waals surface area contributed by atoms with E-state index in [1.165, 1.54) is 19.9 Å². The molecule has 100 valence electrons. The molecule has 0 spiro atoms. The average Bonchev–Trinajstić information content (AvgIpc) is 2.28. The van der Waals surface area contributed by atoms with Crippen molar-refractivity contribution in [3.05, 3.63) is 29.3 Å². The van der Waals surface area contributed by atoms with Crippen molar-refractivity contribution >= 4 is 44.2 Å². The van der Waals surface area contributed by atoms with Gasteiger partial charge in [-0.25, -0.2) is 8.42 Å². The lowest BCUT2D eigenvalue weighted by Gasteiger charge is -2.27. The zero-order valence-electron chi connectivity index (χ0n) is 9.93. The van der Waals surface area contributed by atoms with Gasteiger partial charge in [-0.05, 0) is 43.6 Å². The van der Waals surface area contributed by atoms with Crippen LogP contribution in [0.2, 0.25) is 5.02 Å². The highest BCUT2D eigenvalue weighted by molar-refractivity contribution is 7.92. The molecule has 18 heavy (non-hydrogen) atoms. The Labute approximate surface area is 117 Å². The third kappa shape index (κ3) is 3.37. The Morgan fingerprint density at radius 3 is 2.50 bits per heavy atom. The Kier molecular flexibility index (Phi) is 5.01. The van der Waals surface area contributed by atoms with Crippen molar-refractivity contribution in [1.82, 2.24) is 0 Å². The molecule has 0 aliphatic heterocycles. The lowest BCUT2D eigenvalue weighted by Crippen LogP contribution is -2.42. The van der Waals surface area contributed by atoms with Crippen LogP contribution in [0.5, 0.6) is 0 Å². The molecule has 1 aromatic carbocycles. The van der Waals surface area contributed by atoms with E-state index in [2.05, 4.69) is 0 Å². The highest BCUT2D eigenvalue weighted by Gasteiger charge is 2.29. The minimum Gasteiger partial charge on any atom is -0.279 e. The SMILES string of the molecule is CCS(=O)(=O)N(c1cccc(Cl)c1)C(C)C(=O)Cl. The number of hydrogen-bond acceptors (Lipinski definition) is 3. The number of carbonyl (C=O) groups excluding carboxylic acids is 1. The van der Waals surface area contributed by atoms with Crippen LogP contribution in [-0.2, 0) is 14.8 Å². The summed E-state index contributed by atoms with van der Waals surface area (Å²) in [5.74, 6) is -0.131. The third-order valence-electron chi connectivity index (χ3n) is 2.41. The van der Waals surface area contributed by atoms with E-state index < -0.39 is 21.3 Å². The first-order valence-electron chi connectivity index (χ1n) is 5.26. The molecule has 7 heteroatoms. The van der Waals surface area contributed by atoms with Crippen LogP contribution in [-0.4, -0.2) is 25.5 Å². The van der Waals surface area contributed by atoms with Gasteiger partial charge in [-0.15, -0.1) is 0 Å². The number of benzene rings is 1. The lowest BCUT2D eigenvalue weighted by atomic mass is 10.3. The Hall–Kier alpha value is -0.780. The summed E-state index contributed by atoms with van der Waals surface area (Å²) in [6, 6.07) is 5.30. The van der Waals surface area contributed by atoms with E-state index in [9.17, 15) is 13.2 Å². The molecule has 0 amide bonds. The fraction of sp³-hybridized carbons (Fsp3) is 0.364. The van der Waals surface area contributed by atoms with Gasteiger partial charge in [-0.1, -0.05) is 17.7 Å². The quantitative estimate of drug-likeness (QED) is 0.786. The Morgan fingerprint density at radius 2 is 2.06 bits per heavy atom. The van der Waals surface area contributed by atoms with Gasteiger partial charge in [0.1, 0.15) is 6.04 Å². The summed E-state index contributed by atoms with van der Waals surface area (Å²) >= 11 is 11.2.